The third-order valence-corrected chi connectivity index (χ3v) is 2.81. The van der Waals surface area contributed by atoms with E-state index in [4.69, 9.17) is 4.74 Å². The second kappa shape index (κ2) is 6.10. The Bertz CT molecular complexity index is 503. The van der Waals surface area contributed by atoms with Crippen LogP contribution in [-0.4, -0.2) is 41.6 Å². The van der Waals surface area contributed by atoms with Gasteiger partial charge < -0.3 is 15.4 Å². The van der Waals surface area contributed by atoms with Crippen molar-refractivity contribution in [2.75, 3.05) is 32.1 Å². The summed E-state index contributed by atoms with van der Waals surface area (Å²) in [5.74, 6) is 0.137. The first kappa shape index (κ1) is 13.2. The van der Waals surface area contributed by atoms with Crippen LogP contribution in [0.25, 0.3) is 0 Å². The van der Waals surface area contributed by atoms with Crippen molar-refractivity contribution in [3.8, 4) is 5.88 Å². The minimum atomic E-state index is -0.544. The Morgan fingerprint density at radius 2 is 2.42 bits per heavy atom. The Kier molecular flexibility index (Phi) is 4.24. The van der Waals surface area contributed by atoms with Gasteiger partial charge in [0.2, 0.25) is 5.82 Å². The summed E-state index contributed by atoms with van der Waals surface area (Å²) in [4.78, 5) is 18.1. The zero-order chi connectivity index (χ0) is 13.7. The molecule has 1 aliphatic rings. The van der Waals surface area contributed by atoms with Crippen LogP contribution in [0.4, 0.5) is 11.5 Å². The van der Waals surface area contributed by atoms with Gasteiger partial charge in [-0.05, 0) is 13.0 Å². The average Bonchev–Trinajstić information content (AvgIpc) is 2.45. The summed E-state index contributed by atoms with van der Waals surface area (Å²) in [7, 11) is 1.34. The highest BCUT2D eigenvalue weighted by molar-refractivity contribution is 5.61. The van der Waals surface area contributed by atoms with Crippen molar-refractivity contribution in [2.24, 2.45) is 0 Å². The van der Waals surface area contributed by atoms with Crippen LogP contribution < -0.4 is 15.4 Å². The Hall–Kier alpha value is -2.22. The molecule has 0 fully saturated rings. The van der Waals surface area contributed by atoms with Gasteiger partial charge >= 0.3 is 5.69 Å². The SMILES string of the molecule is COc1ncnc(NCC2=CCNCC2)c1[N+](=O)[O-]. The molecule has 0 radical (unpaired) electrons. The summed E-state index contributed by atoms with van der Waals surface area (Å²) >= 11 is 0. The second-order valence-corrected chi connectivity index (χ2v) is 4.01. The molecule has 8 nitrogen and oxygen atoms in total. The molecule has 1 aromatic rings. The Labute approximate surface area is 110 Å². The Balaban J connectivity index is 2.15. The zero-order valence-electron chi connectivity index (χ0n) is 10.5. The summed E-state index contributed by atoms with van der Waals surface area (Å²) in [5, 5.41) is 17.2. The maximum Gasteiger partial charge on any atom is 0.372 e. The van der Waals surface area contributed by atoms with Gasteiger partial charge in [0.05, 0.1) is 12.0 Å². The first-order valence-corrected chi connectivity index (χ1v) is 5.88. The molecule has 0 aliphatic carbocycles. The van der Waals surface area contributed by atoms with Gasteiger partial charge in [-0.3, -0.25) is 10.1 Å². The van der Waals surface area contributed by atoms with E-state index in [9.17, 15) is 10.1 Å². The highest BCUT2D eigenvalue weighted by Crippen LogP contribution is 2.30. The van der Waals surface area contributed by atoms with Gasteiger partial charge in [-0.1, -0.05) is 11.6 Å². The lowest BCUT2D eigenvalue weighted by Crippen LogP contribution is -2.23. The number of hydrogen-bond donors (Lipinski definition) is 2. The van der Waals surface area contributed by atoms with E-state index in [1.165, 1.54) is 19.0 Å². The fraction of sp³-hybridized carbons (Fsp3) is 0.455. The van der Waals surface area contributed by atoms with E-state index < -0.39 is 4.92 Å². The lowest BCUT2D eigenvalue weighted by Gasteiger charge is -2.15. The molecule has 19 heavy (non-hydrogen) atoms. The molecule has 0 spiro atoms. The molecule has 0 bridgehead atoms. The van der Waals surface area contributed by atoms with Crippen LogP contribution in [0.3, 0.4) is 0 Å². The number of nitrogens with zero attached hydrogens (tertiary/aromatic N) is 3. The van der Waals surface area contributed by atoms with E-state index in [1.807, 2.05) is 0 Å². The lowest BCUT2D eigenvalue weighted by molar-refractivity contribution is -0.385. The van der Waals surface area contributed by atoms with E-state index in [-0.39, 0.29) is 17.4 Å². The number of nitro groups is 1. The number of rotatable bonds is 5. The number of aromatic nitrogens is 2. The molecule has 102 valence electrons. The van der Waals surface area contributed by atoms with Gasteiger partial charge in [-0.2, -0.15) is 4.98 Å². The Morgan fingerprint density at radius 1 is 1.58 bits per heavy atom. The van der Waals surface area contributed by atoms with Crippen LogP contribution in [0.2, 0.25) is 0 Å². The van der Waals surface area contributed by atoms with Crippen LogP contribution in [0.15, 0.2) is 18.0 Å². The third kappa shape index (κ3) is 3.16. The van der Waals surface area contributed by atoms with E-state index in [1.54, 1.807) is 0 Å². The molecule has 2 rings (SSSR count). The molecule has 1 aromatic heterocycles. The summed E-state index contributed by atoms with van der Waals surface area (Å²) in [6.45, 7) is 2.28. The maximum atomic E-state index is 11.0. The molecule has 8 heteroatoms. The fourth-order valence-corrected chi connectivity index (χ4v) is 1.83. The molecule has 2 N–H and O–H groups in total. The first-order chi connectivity index (χ1) is 9.22. The van der Waals surface area contributed by atoms with Crippen molar-refractivity contribution in [1.29, 1.82) is 0 Å². The van der Waals surface area contributed by atoms with E-state index in [2.05, 4.69) is 26.7 Å². The Morgan fingerprint density at radius 3 is 3.05 bits per heavy atom. The molecule has 0 amide bonds. The predicted molar refractivity (Wildman–Crippen MR) is 69.3 cm³/mol. The van der Waals surface area contributed by atoms with E-state index in [0.717, 1.165) is 19.5 Å². The summed E-state index contributed by atoms with van der Waals surface area (Å²) < 4.78 is 4.88. The quantitative estimate of drug-likeness (QED) is 0.459. The first-order valence-electron chi connectivity index (χ1n) is 5.88. The smallest absolute Gasteiger partial charge is 0.372 e. The highest BCUT2D eigenvalue weighted by atomic mass is 16.6. The molecule has 0 saturated carbocycles. The molecule has 2 heterocycles. The molecule has 0 saturated heterocycles. The van der Waals surface area contributed by atoms with Crippen molar-refractivity contribution in [3.05, 3.63) is 28.1 Å². The van der Waals surface area contributed by atoms with Crippen molar-refractivity contribution in [1.82, 2.24) is 15.3 Å². The second-order valence-electron chi connectivity index (χ2n) is 4.01. The number of anilines is 1. The number of nitrogens with one attached hydrogen (secondary N) is 2. The number of ether oxygens (including phenoxy) is 1. The van der Waals surface area contributed by atoms with Gasteiger partial charge in [-0.15, -0.1) is 0 Å². The average molecular weight is 265 g/mol. The molecule has 1 aliphatic heterocycles. The van der Waals surface area contributed by atoms with Crippen LogP contribution in [0.1, 0.15) is 6.42 Å². The zero-order valence-corrected chi connectivity index (χ0v) is 10.5. The minimum absolute atomic E-state index is 0.0400. The highest BCUT2D eigenvalue weighted by Gasteiger charge is 2.23. The van der Waals surface area contributed by atoms with Gasteiger partial charge in [0.15, 0.2) is 0 Å². The van der Waals surface area contributed by atoms with Gasteiger partial charge in [0.25, 0.3) is 5.88 Å². The topological polar surface area (TPSA) is 102 Å². The maximum absolute atomic E-state index is 11.0. The van der Waals surface area contributed by atoms with E-state index >= 15 is 0 Å². The largest absolute Gasteiger partial charge is 0.476 e. The lowest BCUT2D eigenvalue weighted by atomic mass is 10.1. The van der Waals surface area contributed by atoms with Crippen LogP contribution in [0, 0.1) is 10.1 Å². The monoisotopic (exact) mass is 265 g/mol. The van der Waals surface area contributed by atoms with Crippen molar-refractivity contribution in [3.63, 3.8) is 0 Å². The molecule has 0 aromatic carbocycles. The van der Waals surface area contributed by atoms with E-state index in [0.29, 0.717) is 6.54 Å². The number of methoxy groups -OCH3 is 1. The standard InChI is InChI=1S/C11H15N5O3/c1-19-11-9(16(17)18)10(14-7-15-11)13-6-8-2-4-12-5-3-8/h2,7,12H,3-6H2,1H3,(H,13,14,15). The molecule has 0 atom stereocenters. The van der Waals surface area contributed by atoms with Crippen LogP contribution in [0.5, 0.6) is 5.88 Å². The number of hydrogen-bond acceptors (Lipinski definition) is 7. The molecular weight excluding hydrogens is 250 g/mol. The minimum Gasteiger partial charge on any atom is -0.476 e. The van der Waals surface area contributed by atoms with Gasteiger partial charge in [0, 0.05) is 13.1 Å². The van der Waals surface area contributed by atoms with Crippen LogP contribution >= 0.6 is 0 Å². The van der Waals surface area contributed by atoms with Crippen LogP contribution in [-0.2, 0) is 0 Å². The summed E-state index contributed by atoms with van der Waals surface area (Å²) in [6.07, 6.45) is 4.23. The van der Waals surface area contributed by atoms with Gasteiger partial charge in [0.1, 0.15) is 6.33 Å². The molecule has 0 unspecified atom stereocenters. The van der Waals surface area contributed by atoms with Crippen molar-refractivity contribution >= 4 is 11.5 Å². The summed E-state index contributed by atoms with van der Waals surface area (Å²) in [6, 6.07) is 0. The van der Waals surface area contributed by atoms with Crippen molar-refractivity contribution < 1.29 is 9.66 Å². The summed E-state index contributed by atoms with van der Waals surface area (Å²) in [5.41, 5.74) is 0.963. The predicted octanol–water partition coefficient (Wildman–Crippen LogP) is 0.725. The van der Waals surface area contributed by atoms with Crippen molar-refractivity contribution in [2.45, 2.75) is 6.42 Å². The third-order valence-electron chi connectivity index (χ3n) is 2.81. The van der Waals surface area contributed by atoms with Gasteiger partial charge in [-0.25, -0.2) is 4.98 Å². The normalized spacial score (nSPS) is 14.7. The fourth-order valence-electron chi connectivity index (χ4n) is 1.83. The molecular formula is C11H15N5O3.